The summed E-state index contributed by atoms with van der Waals surface area (Å²) >= 11 is 7.01. The molecule has 0 unspecified atom stereocenters. The van der Waals surface area contributed by atoms with E-state index in [2.05, 4.69) is 14.9 Å². The Hall–Kier alpha value is -1.22. The molecule has 1 aromatic heterocycles. The van der Waals surface area contributed by atoms with Crippen molar-refractivity contribution in [3.05, 3.63) is 33.8 Å². The van der Waals surface area contributed by atoms with Crippen molar-refractivity contribution in [2.75, 3.05) is 11.3 Å². The first-order valence-corrected chi connectivity index (χ1v) is 8.33. The zero-order chi connectivity index (χ0) is 14.8. The number of hydrogen-bond donors (Lipinski definition) is 2. The second-order valence-corrected chi connectivity index (χ2v) is 7.06. The van der Waals surface area contributed by atoms with Crippen LogP contribution in [0.25, 0.3) is 0 Å². The monoisotopic (exact) mass is 333 g/mol. The third-order valence-corrected chi connectivity index (χ3v) is 5.44. The molecule has 2 rings (SSSR count). The van der Waals surface area contributed by atoms with Crippen LogP contribution >= 0.6 is 22.9 Å². The number of benzene rings is 1. The van der Waals surface area contributed by atoms with Gasteiger partial charge in [-0.05, 0) is 24.6 Å². The number of nitrogens with one attached hydrogen (secondary N) is 1. The molecule has 1 heterocycles. The lowest BCUT2D eigenvalue weighted by atomic mass is 10.2. The molecule has 0 bridgehead atoms. The minimum Gasteiger partial charge on any atom is -0.396 e. The maximum absolute atomic E-state index is 12.3. The van der Waals surface area contributed by atoms with E-state index in [4.69, 9.17) is 16.7 Å². The molecule has 0 saturated carbocycles. The zero-order valence-electron chi connectivity index (χ0n) is 10.5. The van der Waals surface area contributed by atoms with E-state index in [0.717, 1.165) is 11.3 Å². The number of aromatic nitrogens is 2. The molecule has 1 aromatic carbocycles. The minimum atomic E-state index is -3.76. The molecule has 0 radical (unpaired) electrons. The summed E-state index contributed by atoms with van der Waals surface area (Å²) in [4.78, 5) is 0.101. The van der Waals surface area contributed by atoms with Gasteiger partial charge in [0.05, 0.1) is 4.90 Å². The molecule has 0 aliphatic rings. The first-order chi connectivity index (χ1) is 9.44. The number of aliphatic hydroxyl groups is 1. The quantitative estimate of drug-likeness (QED) is 0.871. The zero-order valence-corrected chi connectivity index (χ0v) is 12.9. The summed E-state index contributed by atoms with van der Waals surface area (Å²) in [6, 6.07) is 4.67. The Balaban J connectivity index is 2.28. The molecule has 20 heavy (non-hydrogen) atoms. The highest BCUT2D eigenvalue weighted by atomic mass is 35.5. The Morgan fingerprint density at radius 2 is 2.15 bits per heavy atom. The van der Waals surface area contributed by atoms with Crippen molar-refractivity contribution in [2.24, 2.45) is 0 Å². The van der Waals surface area contributed by atoms with Crippen LogP contribution in [0.3, 0.4) is 0 Å². The minimum absolute atomic E-state index is 0.0607. The summed E-state index contributed by atoms with van der Waals surface area (Å²) < 4.78 is 26.9. The third kappa shape index (κ3) is 3.26. The van der Waals surface area contributed by atoms with Crippen LogP contribution in [0, 0.1) is 6.92 Å². The smallest absolute Gasteiger partial charge is 0.264 e. The average Bonchev–Trinajstić information content (AvgIpc) is 2.79. The van der Waals surface area contributed by atoms with E-state index in [1.807, 2.05) is 0 Å². The van der Waals surface area contributed by atoms with E-state index in [1.54, 1.807) is 19.1 Å². The molecule has 9 heteroatoms. The van der Waals surface area contributed by atoms with E-state index >= 15 is 0 Å². The summed E-state index contributed by atoms with van der Waals surface area (Å²) in [5.74, 6) is 0. The first kappa shape index (κ1) is 15.2. The van der Waals surface area contributed by atoms with E-state index < -0.39 is 10.0 Å². The van der Waals surface area contributed by atoms with Gasteiger partial charge < -0.3 is 5.11 Å². The maximum atomic E-state index is 12.3. The Morgan fingerprint density at radius 3 is 2.85 bits per heavy atom. The van der Waals surface area contributed by atoms with Crippen molar-refractivity contribution < 1.29 is 13.5 Å². The lowest BCUT2D eigenvalue weighted by Crippen LogP contribution is -2.14. The number of hydrogen-bond acceptors (Lipinski definition) is 6. The van der Waals surface area contributed by atoms with Crippen LogP contribution in [0.5, 0.6) is 0 Å². The van der Waals surface area contributed by atoms with Crippen molar-refractivity contribution in [1.29, 1.82) is 0 Å². The number of nitrogens with zero attached hydrogens (tertiary/aromatic N) is 2. The van der Waals surface area contributed by atoms with Gasteiger partial charge in [0.15, 0.2) is 0 Å². The standard InChI is InChI=1S/C11H12ClN3O3S2/c1-7-8(12)3-2-4-9(7)20(17,18)15-11-14-13-10(19-11)5-6-16/h2-4,16H,5-6H2,1H3,(H,14,15). The van der Waals surface area contributed by atoms with Gasteiger partial charge in [-0.1, -0.05) is 29.0 Å². The topological polar surface area (TPSA) is 92.2 Å². The van der Waals surface area contributed by atoms with Gasteiger partial charge in [0.25, 0.3) is 10.0 Å². The second-order valence-electron chi connectivity index (χ2n) is 3.94. The number of anilines is 1. The van der Waals surface area contributed by atoms with Crippen molar-refractivity contribution in [3.8, 4) is 0 Å². The Kier molecular flexibility index (Phi) is 4.59. The summed E-state index contributed by atoms with van der Waals surface area (Å²) in [5.41, 5.74) is 0.474. The third-order valence-electron chi connectivity index (χ3n) is 2.52. The fourth-order valence-electron chi connectivity index (χ4n) is 1.54. The van der Waals surface area contributed by atoms with Gasteiger partial charge in [-0.15, -0.1) is 10.2 Å². The normalized spacial score (nSPS) is 11.6. The van der Waals surface area contributed by atoms with Gasteiger partial charge in [-0.25, -0.2) is 8.42 Å². The molecule has 0 saturated heterocycles. The number of aliphatic hydroxyl groups excluding tert-OH is 1. The van der Waals surface area contributed by atoms with Crippen LogP contribution < -0.4 is 4.72 Å². The van der Waals surface area contributed by atoms with Crippen LogP contribution in [0.2, 0.25) is 5.02 Å². The van der Waals surface area contributed by atoms with E-state index in [9.17, 15) is 8.42 Å². The van der Waals surface area contributed by atoms with Crippen LogP contribution in [-0.2, 0) is 16.4 Å². The summed E-state index contributed by atoms with van der Waals surface area (Å²) in [7, 11) is -3.76. The molecule has 108 valence electrons. The van der Waals surface area contributed by atoms with Gasteiger partial charge in [-0.2, -0.15) is 0 Å². The fourth-order valence-corrected chi connectivity index (χ4v) is 4.00. The Bertz CT molecular complexity index is 715. The van der Waals surface area contributed by atoms with Crippen molar-refractivity contribution in [1.82, 2.24) is 10.2 Å². The lowest BCUT2D eigenvalue weighted by Gasteiger charge is -2.08. The molecule has 0 aliphatic carbocycles. The molecule has 6 nitrogen and oxygen atoms in total. The van der Waals surface area contributed by atoms with Crippen LogP contribution in [0.4, 0.5) is 5.13 Å². The van der Waals surface area contributed by atoms with Crippen LogP contribution in [0.15, 0.2) is 23.1 Å². The molecular formula is C11H12ClN3O3S2. The van der Waals surface area contributed by atoms with E-state index in [-0.39, 0.29) is 16.6 Å². The second kappa shape index (κ2) is 6.04. The molecule has 0 spiro atoms. The molecule has 2 N–H and O–H groups in total. The van der Waals surface area contributed by atoms with Crippen molar-refractivity contribution in [2.45, 2.75) is 18.2 Å². The fraction of sp³-hybridized carbons (Fsp3) is 0.273. The van der Waals surface area contributed by atoms with E-state index in [1.165, 1.54) is 6.07 Å². The van der Waals surface area contributed by atoms with Crippen LogP contribution in [0.1, 0.15) is 10.6 Å². The highest BCUT2D eigenvalue weighted by Gasteiger charge is 2.20. The highest BCUT2D eigenvalue weighted by molar-refractivity contribution is 7.93. The Labute approximate surface area is 125 Å². The van der Waals surface area contributed by atoms with Gasteiger partial charge >= 0.3 is 0 Å². The van der Waals surface area contributed by atoms with Gasteiger partial charge in [0.2, 0.25) is 5.13 Å². The van der Waals surface area contributed by atoms with E-state index in [0.29, 0.717) is 22.0 Å². The Morgan fingerprint density at radius 1 is 1.40 bits per heavy atom. The highest BCUT2D eigenvalue weighted by Crippen LogP contribution is 2.25. The van der Waals surface area contributed by atoms with Crippen LogP contribution in [-0.4, -0.2) is 30.3 Å². The molecule has 0 amide bonds. The first-order valence-electron chi connectivity index (χ1n) is 5.65. The number of rotatable bonds is 5. The van der Waals surface area contributed by atoms with Crippen molar-refractivity contribution in [3.63, 3.8) is 0 Å². The molecule has 0 aliphatic heterocycles. The predicted octanol–water partition coefficient (Wildman–Crippen LogP) is 1.84. The molecule has 2 aromatic rings. The molecule has 0 fully saturated rings. The SMILES string of the molecule is Cc1c(Cl)cccc1S(=O)(=O)Nc1nnc(CCO)s1. The number of sulfonamides is 1. The molecule has 0 atom stereocenters. The van der Waals surface area contributed by atoms with Gasteiger partial charge in [-0.3, -0.25) is 4.72 Å². The maximum Gasteiger partial charge on any atom is 0.264 e. The lowest BCUT2D eigenvalue weighted by molar-refractivity contribution is 0.299. The predicted molar refractivity (Wildman–Crippen MR) is 77.7 cm³/mol. The molecular weight excluding hydrogens is 322 g/mol. The number of halogens is 1. The summed E-state index contributed by atoms with van der Waals surface area (Å²) in [6.07, 6.45) is 0.343. The average molecular weight is 334 g/mol. The van der Waals surface area contributed by atoms with Gasteiger partial charge in [0.1, 0.15) is 5.01 Å². The largest absolute Gasteiger partial charge is 0.396 e. The van der Waals surface area contributed by atoms with Crippen molar-refractivity contribution >= 4 is 38.1 Å². The summed E-state index contributed by atoms with van der Waals surface area (Å²) in [6.45, 7) is 1.57. The summed E-state index contributed by atoms with van der Waals surface area (Å²) in [5, 5.41) is 17.4. The van der Waals surface area contributed by atoms with Gasteiger partial charge in [0, 0.05) is 18.1 Å².